The first kappa shape index (κ1) is 13.4. The molecule has 0 bridgehead atoms. The third kappa shape index (κ3) is 4.30. The van der Waals surface area contributed by atoms with Crippen LogP contribution in [-0.4, -0.2) is 24.1 Å². The van der Waals surface area contributed by atoms with Gasteiger partial charge >= 0.3 is 0 Å². The maximum atomic E-state index is 9.42. The average molecular weight is 256 g/mol. The van der Waals surface area contributed by atoms with Crippen LogP contribution in [0.3, 0.4) is 0 Å². The van der Waals surface area contributed by atoms with Crippen LogP contribution in [0.4, 0.5) is 5.69 Å². The molecule has 0 fully saturated rings. The quantitative estimate of drug-likeness (QED) is 0.863. The zero-order chi connectivity index (χ0) is 13.7. The summed E-state index contributed by atoms with van der Waals surface area (Å²) in [5.41, 5.74) is 3.45. The molecule has 2 rings (SSSR count). The molecule has 0 unspecified atom stereocenters. The Kier molecular flexibility index (Phi) is 4.42. The normalized spacial score (nSPS) is 10.7. The van der Waals surface area contributed by atoms with Gasteiger partial charge in [-0.3, -0.25) is 0 Å². The SMILES string of the molecule is CN(C)Cc1cccc(NCc2cccc(O)c2)c1. The van der Waals surface area contributed by atoms with Gasteiger partial charge < -0.3 is 15.3 Å². The molecule has 0 aliphatic heterocycles. The fraction of sp³-hybridized carbons (Fsp3) is 0.250. The van der Waals surface area contributed by atoms with Crippen LogP contribution in [0.25, 0.3) is 0 Å². The molecule has 0 aliphatic carbocycles. The van der Waals surface area contributed by atoms with E-state index in [0.29, 0.717) is 12.3 Å². The van der Waals surface area contributed by atoms with E-state index in [9.17, 15) is 5.11 Å². The van der Waals surface area contributed by atoms with Crippen LogP contribution in [0, 0.1) is 0 Å². The van der Waals surface area contributed by atoms with Crippen molar-refractivity contribution in [3.05, 3.63) is 59.7 Å². The highest BCUT2D eigenvalue weighted by molar-refractivity contribution is 5.46. The van der Waals surface area contributed by atoms with Crippen molar-refractivity contribution < 1.29 is 5.11 Å². The van der Waals surface area contributed by atoms with E-state index in [2.05, 4.69) is 48.6 Å². The molecule has 0 saturated carbocycles. The Labute approximate surface area is 114 Å². The Morgan fingerprint density at radius 3 is 2.47 bits per heavy atom. The van der Waals surface area contributed by atoms with Crippen LogP contribution in [0.5, 0.6) is 5.75 Å². The van der Waals surface area contributed by atoms with Crippen LogP contribution >= 0.6 is 0 Å². The summed E-state index contributed by atoms with van der Waals surface area (Å²) in [7, 11) is 4.12. The number of nitrogens with one attached hydrogen (secondary N) is 1. The van der Waals surface area contributed by atoms with Crippen molar-refractivity contribution in [1.82, 2.24) is 4.90 Å². The molecule has 0 atom stereocenters. The van der Waals surface area contributed by atoms with Gasteiger partial charge in [-0.1, -0.05) is 24.3 Å². The molecule has 0 radical (unpaired) electrons. The van der Waals surface area contributed by atoms with Gasteiger partial charge in [0.05, 0.1) is 0 Å². The Hall–Kier alpha value is -2.00. The van der Waals surface area contributed by atoms with E-state index < -0.39 is 0 Å². The Morgan fingerprint density at radius 2 is 1.74 bits per heavy atom. The third-order valence-electron chi connectivity index (χ3n) is 2.83. The average Bonchev–Trinajstić information content (AvgIpc) is 2.36. The van der Waals surface area contributed by atoms with Crippen molar-refractivity contribution in [2.45, 2.75) is 13.1 Å². The molecule has 2 aromatic rings. The summed E-state index contributed by atoms with van der Waals surface area (Å²) >= 11 is 0. The summed E-state index contributed by atoms with van der Waals surface area (Å²) < 4.78 is 0. The molecule has 0 aliphatic rings. The Morgan fingerprint density at radius 1 is 1.00 bits per heavy atom. The van der Waals surface area contributed by atoms with Gasteiger partial charge in [-0.05, 0) is 49.5 Å². The molecule has 2 aromatic carbocycles. The van der Waals surface area contributed by atoms with Crippen molar-refractivity contribution in [3.63, 3.8) is 0 Å². The van der Waals surface area contributed by atoms with E-state index in [-0.39, 0.29) is 0 Å². The Bertz CT molecular complexity index is 538. The third-order valence-corrected chi connectivity index (χ3v) is 2.83. The lowest BCUT2D eigenvalue weighted by molar-refractivity contribution is 0.402. The highest BCUT2D eigenvalue weighted by Gasteiger charge is 1.99. The standard InChI is InChI=1S/C16H20N2O/c1-18(2)12-14-6-3-7-15(9-14)17-11-13-5-4-8-16(19)10-13/h3-10,17,19H,11-12H2,1-2H3. The minimum Gasteiger partial charge on any atom is -0.508 e. The van der Waals surface area contributed by atoms with Gasteiger partial charge in [-0.25, -0.2) is 0 Å². The molecule has 100 valence electrons. The highest BCUT2D eigenvalue weighted by atomic mass is 16.3. The van der Waals surface area contributed by atoms with Gasteiger partial charge in [0, 0.05) is 18.8 Å². The van der Waals surface area contributed by atoms with Crippen molar-refractivity contribution >= 4 is 5.69 Å². The van der Waals surface area contributed by atoms with Crippen LogP contribution in [0.1, 0.15) is 11.1 Å². The van der Waals surface area contributed by atoms with Gasteiger partial charge in [0.25, 0.3) is 0 Å². The first-order valence-corrected chi connectivity index (χ1v) is 6.39. The smallest absolute Gasteiger partial charge is 0.115 e. The topological polar surface area (TPSA) is 35.5 Å². The number of hydrogen-bond acceptors (Lipinski definition) is 3. The molecular formula is C16H20N2O. The van der Waals surface area contributed by atoms with Gasteiger partial charge in [-0.2, -0.15) is 0 Å². The number of hydrogen-bond donors (Lipinski definition) is 2. The fourth-order valence-electron chi connectivity index (χ4n) is 2.02. The van der Waals surface area contributed by atoms with Gasteiger partial charge in [0.15, 0.2) is 0 Å². The molecule has 0 spiro atoms. The fourth-order valence-corrected chi connectivity index (χ4v) is 2.02. The molecule has 3 nitrogen and oxygen atoms in total. The first-order valence-electron chi connectivity index (χ1n) is 6.39. The number of phenolic OH excluding ortho intramolecular Hbond substituents is 1. The van der Waals surface area contributed by atoms with Gasteiger partial charge in [-0.15, -0.1) is 0 Å². The molecule has 19 heavy (non-hydrogen) atoms. The van der Waals surface area contributed by atoms with E-state index in [1.54, 1.807) is 12.1 Å². The van der Waals surface area contributed by atoms with Crippen molar-refractivity contribution in [1.29, 1.82) is 0 Å². The lowest BCUT2D eigenvalue weighted by atomic mass is 10.1. The van der Waals surface area contributed by atoms with Crippen molar-refractivity contribution in [2.75, 3.05) is 19.4 Å². The van der Waals surface area contributed by atoms with Crippen molar-refractivity contribution in [3.8, 4) is 5.75 Å². The number of phenols is 1. The molecule has 0 amide bonds. The summed E-state index contributed by atoms with van der Waals surface area (Å²) in [5, 5.41) is 12.8. The maximum Gasteiger partial charge on any atom is 0.115 e. The number of anilines is 1. The zero-order valence-corrected chi connectivity index (χ0v) is 11.4. The predicted molar refractivity (Wildman–Crippen MR) is 79.3 cm³/mol. The number of benzene rings is 2. The monoisotopic (exact) mass is 256 g/mol. The Balaban J connectivity index is 1.99. The maximum absolute atomic E-state index is 9.42. The van der Waals surface area contributed by atoms with E-state index in [1.165, 1.54) is 5.56 Å². The minimum atomic E-state index is 0.306. The summed E-state index contributed by atoms with van der Waals surface area (Å²) in [5.74, 6) is 0.306. The van der Waals surface area contributed by atoms with E-state index in [1.807, 2.05) is 12.1 Å². The predicted octanol–water partition coefficient (Wildman–Crippen LogP) is 3.07. The van der Waals surface area contributed by atoms with Crippen LogP contribution in [-0.2, 0) is 13.1 Å². The van der Waals surface area contributed by atoms with Crippen molar-refractivity contribution in [2.24, 2.45) is 0 Å². The second kappa shape index (κ2) is 6.25. The molecule has 0 aromatic heterocycles. The second-order valence-electron chi connectivity index (χ2n) is 4.96. The summed E-state index contributed by atoms with van der Waals surface area (Å²) in [4.78, 5) is 2.15. The summed E-state index contributed by atoms with van der Waals surface area (Å²) in [6, 6.07) is 15.7. The molecule has 0 heterocycles. The summed E-state index contributed by atoms with van der Waals surface area (Å²) in [6.45, 7) is 1.64. The first-order chi connectivity index (χ1) is 9.13. The zero-order valence-electron chi connectivity index (χ0n) is 11.4. The van der Waals surface area contributed by atoms with E-state index in [4.69, 9.17) is 0 Å². The van der Waals surface area contributed by atoms with E-state index in [0.717, 1.165) is 17.8 Å². The lowest BCUT2D eigenvalue weighted by Gasteiger charge is -2.12. The minimum absolute atomic E-state index is 0.306. The molecular weight excluding hydrogens is 236 g/mol. The lowest BCUT2D eigenvalue weighted by Crippen LogP contribution is -2.10. The highest BCUT2D eigenvalue weighted by Crippen LogP contribution is 2.15. The molecule has 3 heteroatoms. The molecule has 2 N–H and O–H groups in total. The second-order valence-corrected chi connectivity index (χ2v) is 4.96. The number of rotatable bonds is 5. The number of aromatic hydroxyl groups is 1. The van der Waals surface area contributed by atoms with Gasteiger partial charge in [0.1, 0.15) is 5.75 Å². The summed E-state index contributed by atoms with van der Waals surface area (Å²) in [6.07, 6.45) is 0. The molecule has 0 saturated heterocycles. The van der Waals surface area contributed by atoms with Crippen LogP contribution < -0.4 is 5.32 Å². The largest absolute Gasteiger partial charge is 0.508 e. The van der Waals surface area contributed by atoms with Crippen LogP contribution in [0.2, 0.25) is 0 Å². The van der Waals surface area contributed by atoms with Crippen LogP contribution in [0.15, 0.2) is 48.5 Å². The van der Waals surface area contributed by atoms with Gasteiger partial charge in [0.2, 0.25) is 0 Å². The number of nitrogens with zero attached hydrogens (tertiary/aromatic N) is 1. The van der Waals surface area contributed by atoms with E-state index >= 15 is 0 Å².